The maximum atomic E-state index is 12.3. The van der Waals surface area contributed by atoms with Crippen molar-refractivity contribution in [3.8, 4) is 0 Å². The van der Waals surface area contributed by atoms with E-state index in [-0.39, 0.29) is 19.1 Å². The number of benzene rings is 1. The topological polar surface area (TPSA) is 135 Å². The molecule has 3 N–H and O–H groups in total. The Kier molecular flexibility index (Phi) is 15.4. The molecule has 3 aromatic rings. The summed E-state index contributed by atoms with van der Waals surface area (Å²) in [5.41, 5.74) is 6.92. The summed E-state index contributed by atoms with van der Waals surface area (Å²) in [6.45, 7) is 3.59. The highest BCUT2D eigenvalue weighted by Crippen LogP contribution is 2.49. The van der Waals surface area contributed by atoms with Gasteiger partial charge < -0.3 is 29.2 Å². The predicted octanol–water partition coefficient (Wildman–Crippen LogP) is 7.01. The summed E-state index contributed by atoms with van der Waals surface area (Å²) >= 11 is 0. The quantitative estimate of drug-likeness (QED) is 0.0831. The van der Waals surface area contributed by atoms with Crippen molar-refractivity contribution < 1.29 is 23.5 Å². The Morgan fingerprint density at radius 2 is 1.56 bits per heavy atom. The zero-order valence-corrected chi connectivity index (χ0v) is 27.9. The van der Waals surface area contributed by atoms with Crippen LogP contribution in [0.25, 0.3) is 11.2 Å². The third kappa shape index (κ3) is 13.3. The third-order valence-electron chi connectivity index (χ3n) is 7.46. The number of hydrogen-bond donors (Lipinski definition) is 2. The van der Waals surface area contributed by atoms with Gasteiger partial charge in [-0.1, -0.05) is 75.3 Å². The molecule has 10 nitrogen and oxygen atoms in total. The number of anilines is 1. The average molecular weight is 638 g/mol. The molecule has 0 spiro atoms. The minimum absolute atomic E-state index is 0.152. The third-order valence-corrected chi connectivity index (χ3v) is 11.4. The Morgan fingerprint density at radius 1 is 0.907 bits per heavy atom. The van der Waals surface area contributed by atoms with Crippen LogP contribution in [0, 0.1) is 0 Å². The lowest BCUT2D eigenvalue weighted by molar-refractivity contribution is 0.0688. The molecule has 1 unspecified atom stereocenters. The summed E-state index contributed by atoms with van der Waals surface area (Å²) in [7, 11) is -4.51. The maximum Gasteiger partial charge on any atom is 0.353 e. The Hall–Kier alpha value is -2.01. The molecular formula is C31H52N5O5PS. The first-order valence-electron chi connectivity index (χ1n) is 15.5. The van der Waals surface area contributed by atoms with Crippen LogP contribution in [0.2, 0.25) is 0 Å². The molecule has 0 saturated heterocycles. The number of aromatic nitrogens is 4. The predicted molar refractivity (Wildman–Crippen MR) is 177 cm³/mol. The number of fused-ring (bicyclic) bond motifs is 1. The molecule has 3 rings (SSSR count). The molecule has 12 heteroatoms. The van der Waals surface area contributed by atoms with Crippen LogP contribution in [0.4, 0.5) is 5.82 Å². The monoisotopic (exact) mass is 637 g/mol. The summed E-state index contributed by atoms with van der Waals surface area (Å²) in [4.78, 5) is 23.9. The van der Waals surface area contributed by atoms with Crippen molar-refractivity contribution in [2.45, 2.75) is 88.7 Å². The first-order valence-corrected chi connectivity index (χ1v) is 19.9. The fourth-order valence-electron chi connectivity index (χ4n) is 4.90. The fraction of sp³-hybridized carbons (Fsp3) is 0.645. The lowest BCUT2D eigenvalue weighted by Gasteiger charge is -2.31. The van der Waals surface area contributed by atoms with Crippen molar-refractivity contribution in [2.24, 2.45) is 0 Å². The van der Waals surface area contributed by atoms with E-state index in [1.165, 1.54) is 68.3 Å². The van der Waals surface area contributed by atoms with Crippen LogP contribution in [-0.2, 0) is 25.1 Å². The molecule has 2 atom stereocenters. The van der Waals surface area contributed by atoms with Gasteiger partial charge in [0.2, 0.25) is 0 Å². The second-order valence-electron chi connectivity index (χ2n) is 11.6. The number of nitrogens with two attached hydrogens (primary N) is 1. The van der Waals surface area contributed by atoms with E-state index in [9.17, 15) is 9.46 Å². The Bertz CT molecular complexity index is 1250. The van der Waals surface area contributed by atoms with Crippen LogP contribution in [-0.4, -0.2) is 74.9 Å². The second kappa shape index (κ2) is 18.7. The SMILES string of the molecule is C[C@H](Cn1cnc2c(N)ncnc21)OCP(=O)(O)OCCCOCCCCCCCCCCCS(C)(C)c1ccccc1. The molecule has 43 heavy (non-hydrogen) atoms. The number of ether oxygens (including phenoxy) is 2. The van der Waals surface area contributed by atoms with Crippen LogP contribution in [0.3, 0.4) is 0 Å². The standard InChI is InChI=1S/C31H52N5O5PS/c1-27(23-36-25-35-29-30(32)33-24-34-31(29)36)40-26-42(37,38)41-21-16-20-39-19-14-9-7-5-4-6-8-10-15-22-43(2,3)28-17-12-11-13-18-28/h11-13,17-18,24-25,27H,4-10,14-16,19-23,26H2,1-3H3,(H,37,38)(H2,32,33,34)/t27-/m1/s1. The van der Waals surface area contributed by atoms with Gasteiger partial charge in [-0.25, -0.2) is 25.0 Å². The normalized spacial score (nSPS) is 14.6. The second-order valence-corrected chi connectivity index (χ2v) is 17.4. The van der Waals surface area contributed by atoms with Gasteiger partial charge in [-0.05, 0) is 49.3 Å². The van der Waals surface area contributed by atoms with E-state index < -0.39 is 17.6 Å². The van der Waals surface area contributed by atoms with Crippen molar-refractivity contribution in [1.82, 2.24) is 19.5 Å². The van der Waals surface area contributed by atoms with Gasteiger partial charge in [0.1, 0.15) is 18.2 Å². The molecule has 0 bridgehead atoms. The molecule has 0 aliphatic carbocycles. The highest BCUT2D eigenvalue weighted by Gasteiger charge is 2.22. The summed E-state index contributed by atoms with van der Waals surface area (Å²) in [5, 5.41) is 0. The van der Waals surface area contributed by atoms with E-state index in [0.29, 0.717) is 36.6 Å². The van der Waals surface area contributed by atoms with Crippen molar-refractivity contribution >= 4 is 34.6 Å². The molecule has 0 aliphatic heterocycles. The highest BCUT2D eigenvalue weighted by molar-refractivity contribution is 8.32. The molecule has 0 radical (unpaired) electrons. The van der Waals surface area contributed by atoms with Crippen LogP contribution in [0.5, 0.6) is 0 Å². The molecule has 0 aliphatic rings. The molecule has 0 fully saturated rings. The molecule has 0 amide bonds. The lowest BCUT2D eigenvalue weighted by Crippen LogP contribution is -2.17. The van der Waals surface area contributed by atoms with Gasteiger partial charge in [-0.3, -0.25) is 4.57 Å². The van der Waals surface area contributed by atoms with E-state index in [4.69, 9.17) is 19.7 Å². The largest absolute Gasteiger partial charge is 0.382 e. The number of unbranched alkanes of at least 4 members (excludes halogenated alkanes) is 8. The van der Waals surface area contributed by atoms with Crippen LogP contribution in [0.15, 0.2) is 47.9 Å². The maximum absolute atomic E-state index is 12.3. The zero-order valence-electron chi connectivity index (χ0n) is 26.2. The Labute approximate surface area is 259 Å². The fourth-order valence-corrected chi connectivity index (χ4v) is 7.89. The van der Waals surface area contributed by atoms with Crippen molar-refractivity contribution in [2.75, 3.05) is 50.2 Å². The summed E-state index contributed by atoms with van der Waals surface area (Å²) in [6.07, 6.45) is 19.1. The van der Waals surface area contributed by atoms with E-state index in [1.54, 1.807) is 17.8 Å². The first-order chi connectivity index (χ1) is 20.7. The van der Waals surface area contributed by atoms with Gasteiger partial charge >= 0.3 is 7.60 Å². The van der Waals surface area contributed by atoms with Crippen molar-refractivity contribution in [3.05, 3.63) is 43.0 Å². The van der Waals surface area contributed by atoms with Gasteiger partial charge in [0.25, 0.3) is 0 Å². The molecule has 1 aromatic carbocycles. The zero-order chi connectivity index (χ0) is 31.0. The highest BCUT2D eigenvalue weighted by atomic mass is 32.3. The van der Waals surface area contributed by atoms with Gasteiger partial charge in [0, 0.05) is 13.2 Å². The van der Waals surface area contributed by atoms with Gasteiger partial charge in [-0.15, -0.1) is 0 Å². The number of nitrogens with zero attached hydrogens (tertiary/aromatic N) is 4. The van der Waals surface area contributed by atoms with E-state index in [1.807, 2.05) is 0 Å². The Balaban J connectivity index is 1.10. The minimum atomic E-state index is -3.85. The summed E-state index contributed by atoms with van der Waals surface area (Å²) in [6, 6.07) is 11.0. The Morgan fingerprint density at radius 3 is 2.28 bits per heavy atom. The van der Waals surface area contributed by atoms with Crippen molar-refractivity contribution in [1.29, 1.82) is 0 Å². The van der Waals surface area contributed by atoms with E-state index in [0.717, 1.165) is 13.0 Å². The molecular weight excluding hydrogens is 585 g/mol. The number of rotatable bonds is 23. The molecule has 242 valence electrons. The number of hydrogen-bond acceptors (Lipinski definition) is 8. The summed E-state index contributed by atoms with van der Waals surface area (Å²) in [5.74, 6) is 1.64. The molecule has 0 saturated carbocycles. The molecule has 2 heterocycles. The molecule has 2 aromatic heterocycles. The number of imidazole rings is 1. The average Bonchev–Trinajstić information content (AvgIpc) is 3.40. The van der Waals surface area contributed by atoms with Crippen LogP contribution in [0.1, 0.15) is 71.1 Å². The van der Waals surface area contributed by atoms with Gasteiger partial charge in [0.05, 0.1) is 25.6 Å². The lowest BCUT2D eigenvalue weighted by atomic mass is 10.1. The van der Waals surface area contributed by atoms with Crippen LogP contribution >= 0.6 is 17.6 Å². The summed E-state index contributed by atoms with van der Waals surface area (Å²) < 4.78 is 30.5. The van der Waals surface area contributed by atoms with Crippen molar-refractivity contribution in [3.63, 3.8) is 0 Å². The minimum Gasteiger partial charge on any atom is -0.382 e. The first kappa shape index (κ1) is 35.5. The van der Waals surface area contributed by atoms with Crippen LogP contribution < -0.4 is 5.73 Å². The van der Waals surface area contributed by atoms with E-state index >= 15 is 0 Å². The van der Waals surface area contributed by atoms with E-state index in [2.05, 4.69) is 57.8 Å². The number of nitrogen functional groups attached to an aromatic ring is 1. The smallest absolute Gasteiger partial charge is 0.353 e. The van der Waals surface area contributed by atoms with Gasteiger partial charge in [-0.2, -0.15) is 0 Å². The van der Waals surface area contributed by atoms with Gasteiger partial charge in [0.15, 0.2) is 11.5 Å².